The molecule has 0 aliphatic heterocycles. The van der Waals surface area contributed by atoms with Crippen molar-refractivity contribution in [3.05, 3.63) is 65.4 Å². The van der Waals surface area contributed by atoms with E-state index in [4.69, 9.17) is 9.47 Å². The van der Waals surface area contributed by atoms with Crippen LogP contribution in [0.5, 0.6) is 11.5 Å². The van der Waals surface area contributed by atoms with Crippen LogP contribution in [-0.2, 0) is 0 Å². The molecule has 1 heterocycles. The minimum atomic E-state index is -0.381. The van der Waals surface area contributed by atoms with Crippen LogP contribution in [0.1, 0.15) is 21.6 Å². The number of nitrogens with one attached hydrogen (secondary N) is 2. The average molecular weight is 378 g/mol. The lowest BCUT2D eigenvalue weighted by Gasteiger charge is -2.11. The maximum atomic E-state index is 12.5. The van der Waals surface area contributed by atoms with Gasteiger partial charge in [-0.1, -0.05) is 6.07 Å². The number of nitrogens with zero attached hydrogens (tertiary/aromatic N) is 2. The summed E-state index contributed by atoms with van der Waals surface area (Å²) in [7, 11) is 3.09. The van der Waals surface area contributed by atoms with E-state index in [1.807, 2.05) is 26.0 Å². The Morgan fingerprint density at radius 1 is 0.893 bits per heavy atom. The molecule has 0 fully saturated rings. The summed E-state index contributed by atoms with van der Waals surface area (Å²) in [6, 6.07) is 14.6. The number of aryl methyl sites for hydroxylation is 2. The van der Waals surface area contributed by atoms with Gasteiger partial charge >= 0.3 is 0 Å². The van der Waals surface area contributed by atoms with Gasteiger partial charge in [0.05, 0.1) is 19.9 Å². The van der Waals surface area contributed by atoms with Gasteiger partial charge in [-0.3, -0.25) is 4.79 Å². The highest BCUT2D eigenvalue weighted by Crippen LogP contribution is 2.29. The Hall–Kier alpha value is -3.61. The number of methoxy groups -OCH3 is 2. The molecule has 1 amide bonds. The predicted molar refractivity (Wildman–Crippen MR) is 109 cm³/mol. The first-order valence-corrected chi connectivity index (χ1v) is 8.71. The summed E-state index contributed by atoms with van der Waals surface area (Å²) in [4.78, 5) is 12.5. The van der Waals surface area contributed by atoms with E-state index < -0.39 is 0 Å². The van der Waals surface area contributed by atoms with Gasteiger partial charge in [0.2, 0.25) is 0 Å². The van der Waals surface area contributed by atoms with Crippen molar-refractivity contribution >= 4 is 23.1 Å². The van der Waals surface area contributed by atoms with Crippen molar-refractivity contribution in [2.24, 2.45) is 0 Å². The second kappa shape index (κ2) is 8.39. The molecule has 7 nitrogen and oxygen atoms in total. The van der Waals surface area contributed by atoms with Gasteiger partial charge in [0.25, 0.3) is 5.91 Å². The molecule has 3 rings (SSSR count). The van der Waals surface area contributed by atoms with Crippen LogP contribution in [0.25, 0.3) is 0 Å². The van der Waals surface area contributed by atoms with Crippen molar-refractivity contribution in [3.63, 3.8) is 0 Å². The molecule has 0 radical (unpaired) electrons. The Kier molecular flexibility index (Phi) is 5.74. The van der Waals surface area contributed by atoms with Crippen LogP contribution in [0.3, 0.4) is 0 Å². The molecular formula is C21H22N4O3. The molecule has 0 spiro atoms. The van der Waals surface area contributed by atoms with Gasteiger partial charge in [-0.15, -0.1) is 10.2 Å². The zero-order valence-corrected chi connectivity index (χ0v) is 16.2. The van der Waals surface area contributed by atoms with E-state index in [2.05, 4.69) is 26.9 Å². The molecule has 0 aliphatic rings. The van der Waals surface area contributed by atoms with Gasteiger partial charge in [0.1, 0.15) is 11.5 Å². The fraction of sp³-hybridized carbons (Fsp3) is 0.190. The molecule has 0 unspecified atom stereocenters. The minimum absolute atomic E-state index is 0.198. The molecule has 28 heavy (non-hydrogen) atoms. The summed E-state index contributed by atoms with van der Waals surface area (Å²) < 4.78 is 10.4. The topological polar surface area (TPSA) is 85.4 Å². The number of ether oxygens (including phenoxy) is 2. The van der Waals surface area contributed by atoms with Gasteiger partial charge in [-0.05, 0) is 61.4 Å². The normalized spacial score (nSPS) is 10.3. The summed E-state index contributed by atoms with van der Waals surface area (Å²) in [5.41, 5.74) is 3.95. The maximum absolute atomic E-state index is 12.5. The van der Waals surface area contributed by atoms with E-state index in [-0.39, 0.29) is 11.6 Å². The Bertz CT molecular complexity index is 967. The monoisotopic (exact) mass is 378 g/mol. The number of benzene rings is 2. The van der Waals surface area contributed by atoms with Crippen LogP contribution in [0.15, 0.2) is 48.5 Å². The van der Waals surface area contributed by atoms with E-state index in [9.17, 15) is 4.79 Å². The quantitative estimate of drug-likeness (QED) is 0.671. The molecule has 0 aliphatic carbocycles. The summed E-state index contributed by atoms with van der Waals surface area (Å²) in [6.45, 7) is 4.06. The highest BCUT2D eigenvalue weighted by molar-refractivity contribution is 6.03. The standard InChI is InChI=1S/C21H22N4O3/c1-13-9-14(2)11-15(10-13)22-20-8-7-18(24-25-20)21(26)23-17-6-5-16(27-3)12-19(17)28-4/h5-12H,1-4H3,(H,22,25)(H,23,26). The van der Waals surface area contributed by atoms with Crippen LogP contribution in [0.2, 0.25) is 0 Å². The number of carbonyl (C=O) groups is 1. The highest BCUT2D eigenvalue weighted by Gasteiger charge is 2.13. The fourth-order valence-corrected chi connectivity index (χ4v) is 2.80. The Labute approximate surface area is 163 Å². The third-order valence-corrected chi connectivity index (χ3v) is 4.05. The molecule has 7 heteroatoms. The van der Waals surface area contributed by atoms with Gasteiger partial charge < -0.3 is 20.1 Å². The second-order valence-electron chi connectivity index (χ2n) is 6.33. The molecule has 0 saturated heterocycles. The van der Waals surface area contributed by atoms with Crippen LogP contribution in [0, 0.1) is 13.8 Å². The van der Waals surface area contributed by atoms with Crippen molar-refractivity contribution in [2.45, 2.75) is 13.8 Å². The molecule has 2 aromatic carbocycles. The van der Waals surface area contributed by atoms with E-state index in [1.54, 1.807) is 37.4 Å². The molecule has 0 atom stereocenters. The van der Waals surface area contributed by atoms with Crippen molar-refractivity contribution in [1.82, 2.24) is 10.2 Å². The SMILES string of the molecule is COc1ccc(NC(=O)c2ccc(Nc3cc(C)cc(C)c3)nn2)c(OC)c1. The van der Waals surface area contributed by atoms with Crippen LogP contribution >= 0.6 is 0 Å². The molecule has 0 saturated carbocycles. The van der Waals surface area contributed by atoms with Gasteiger partial charge in [0.15, 0.2) is 11.5 Å². The maximum Gasteiger partial charge on any atom is 0.276 e. The lowest BCUT2D eigenvalue weighted by molar-refractivity contribution is 0.102. The van der Waals surface area contributed by atoms with E-state index >= 15 is 0 Å². The predicted octanol–water partition coefficient (Wildman–Crippen LogP) is 4.11. The van der Waals surface area contributed by atoms with E-state index in [1.165, 1.54) is 7.11 Å². The molecular weight excluding hydrogens is 356 g/mol. The number of hydrogen-bond donors (Lipinski definition) is 2. The Morgan fingerprint density at radius 2 is 1.64 bits per heavy atom. The number of hydrogen-bond acceptors (Lipinski definition) is 6. The van der Waals surface area contributed by atoms with Gasteiger partial charge in [0, 0.05) is 11.8 Å². The molecule has 2 N–H and O–H groups in total. The lowest BCUT2D eigenvalue weighted by atomic mass is 10.1. The minimum Gasteiger partial charge on any atom is -0.497 e. The van der Waals surface area contributed by atoms with Crippen molar-refractivity contribution in [1.29, 1.82) is 0 Å². The van der Waals surface area contributed by atoms with E-state index in [0.717, 1.165) is 16.8 Å². The number of rotatable bonds is 6. The summed E-state index contributed by atoms with van der Waals surface area (Å²) in [5, 5.41) is 14.1. The van der Waals surface area contributed by atoms with Crippen molar-refractivity contribution in [3.8, 4) is 11.5 Å². The summed E-state index contributed by atoms with van der Waals surface area (Å²) >= 11 is 0. The lowest BCUT2D eigenvalue weighted by Crippen LogP contribution is -2.15. The first kappa shape index (κ1) is 19.2. The van der Waals surface area contributed by atoms with Gasteiger partial charge in [-0.2, -0.15) is 0 Å². The number of anilines is 3. The average Bonchev–Trinajstić information content (AvgIpc) is 2.68. The Morgan fingerprint density at radius 3 is 2.25 bits per heavy atom. The number of carbonyl (C=O) groups excluding carboxylic acids is 1. The first-order valence-electron chi connectivity index (χ1n) is 8.71. The smallest absolute Gasteiger partial charge is 0.276 e. The van der Waals surface area contributed by atoms with Crippen LogP contribution < -0.4 is 20.1 Å². The summed E-state index contributed by atoms with van der Waals surface area (Å²) in [5.74, 6) is 1.31. The second-order valence-corrected chi connectivity index (χ2v) is 6.33. The Balaban J connectivity index is 1.72. The zero-order valence-electron chi connectivity index (χ0n) is 16.2. The number of aromatic nitrogens is 2. The van der Waals surface area contributed by atoms with Crippen LogP contribution in [0.4, 0.5) is 17.2 Å². The molecule has 3 aromatic rings. The van der Waals surface area contributed by atoms with Gasteiger partial charge in [-0.25, -0.2) is 0 Å². The zero-order chi connectivity index (χ0) is 20.1. The van der Waals surface area contributed by atoms with Crippen LogP contribution in [-0.4, -0.2) is 30.3 Å². The highest BCUT2D eigenvalue weighted by atomic mass is 16.5. The molecule has 144 valence electrons. The van der Waals surface area contributed by atoms with E-state index in [0.29, 0.717) is 23.0 Å². The third-order valence-electron chi connectivity index (χ3n) is 4.05. The summed E-state index contributed by atoms with van der Waals surface area (Å²) in [6.07, 6.45) is 0. The van der Waals surface area contributed by atoms with Crippen molar-refractivity contribution < 1.29 is 14.3 Å². The number of amides is 1. The third kappa shape index (κ3) is 4.56. The molecule has 0 bridgehead atoms. The fourth-order valence-electron chi connectivity index (χ4n) is 2.80. The van der Waals surface area contributed by atoms with Crippen molar-refractivity contribution in [2.75, 3.05) is 24.9 Å². The first-order chi connectivity index (χ1) is 13.5. The molecule has 1 aromatic heterocycles. The largest absolute Gasteiger partial charge is 0.497 e.